The van der Waals surface area contributed by atoms with Crippen molar-refractivity contribution in [3.05, 3.63) is 28.8 Å². The van der Waals surface area contributed by atoms with E-state index in [2.05, 4.69) is 4.72 Å². The highest BCUT2D eigenvalue weighted by Gasteiger charge is 2.22. The van der Waals surface area contributed by atoms with E-state index in [0.29, 0.717) is 17.2 Å². The van der Waals surface area contributed by atoms with E-state index >= 15 is 0 Å². The quantitative estimate of drug-likeness (QED) is 0.804. The van der Waals surface area contributed by atoms with Crippen LogP contribution in [0.1, 0.15) is 26.3 Å². The molecule has 0 atom stereocenters. The minimum atomic E-state index is -3.66. The summed E-state index contributed by atoms with van der Waals surface area (Å²) in [4.78, 5) is 0.0678. The summed E-state index contributed by atoms with van der Waals surface area (Å²) in [5.41, 5.74) is -0.216. The van der Waals surface area contributed by atoms with Gasteiger partial charge in [-0.15, -0.1) is 0 Å². The maximum absolute atomic E-state index is 12.2. The number of aliphatic hydroxyl groups excluding tert-OH is 1. The fourth-order valence-corrected chi connectivity index (χ4v) is 3.06. The molecule has 20 heavy (non-hydrogen) atoms. The first-order valence-electron chi connectivity index (χ1n) is 6.25. The van der Waals surface area contributed by atoms with Crippen LogP contribution in [0.25, 0.3) is 0 Å². The van der Waals surface area contributed by atoms with Gasteiger partial charge in [-0.2, -0.15) is 0 Å². The van der Waals surface area contributed by atoms with Crippen LogP contribution in [0.5, 0.6) is 0 Å². The number of hydrogen-bond donors (Lipinski definition) is 2. The molecule has 0 saturated carbocycles. The van der Waals surface area contributed by atoms with E-state index in [1.807, 2.05) is 6.92 Å². The van der Waals surface area contributed by atoms with E-state index in [1.165, 1.54) is 18.2 Å². The lowest BCUT2D eigenvalue weighted by molar-refractivity contribution is -0.00515. The van der Waals surface area contributed by atoms with Gasteiger partial charge in [0.2, 0.25) is 10.0 Å². The van der Waals surface area contributed by atoms with Crippen molar-refractivity contribution in [3.8, 4) is 0 Å². The van der Waals surface area contributed by atoms with Crippen LogP contribution in [0.3, 0.4) is 0 Å². The molecule has 0 amide bonds. The van der Waals surface area contributed by atoms with Gasteiger partial charge in [0, 0.05) is 18.2 Å². The number of hydrogen-bond acceptors (Lipinski definition) is 4. The van der Waals surface area contributed by atoms with Gasteiger partial charge >= 0.3 is 0 Å². The molecule has 1 aromatic rings. The van der Waals surface area contributed by atoms with E-state index in [-0.39, 0.29) is 18.0 Å². The van der Waals surface area contributed by atoms with Gasteiger partial charge in [-0.3, -0.25) is 0 Å². The first-order chi connectivity index (χ1) is 9.22. The highest BCUT2D eigenvalue weighted by molar-refractivity contribution is 7.89. The fraction of sp³-hybridized carbons (Fsp3) is 0.538. The molecule has 0 saturated heterocycles. The van der Waals surface area contributed by atoms with Crippen LogP contribution in [-0.4, -0.2) is 32.3 Å². The monoisotopic (exact) mass is 321 g/mol. The number of ether oxygens (including phenoxy) is 1. The van der Waals surface area contributed by atoms with Crippen molar-refractivity contribution in [3.63, 3.8) is 0 Å². The summed E-state index contributed by atoms with van der Waals surface area (Å²) in [6.07, 6.45) is 0. The molecule has 0 spiro atoms. The van der Waals surface area contributed by atoms with Gasteiger partial charge in [0.15, 0.2) is 0 Å². The number of benzene rings is 1. The molecule has 0 unspecified atom stereocenters. The van der Waals surface area contributed by atoms with E-state index in [1.54, 1.807) is 13.8 Å². The molecular weight excluding hydrogens is 302 g/mol. The maximum atomic E-state index is 12.2. The third-order valence-corrected chi connectivity index (χ3v) is 4.49. The average molecular weight is 322 g/mol. The summed E-state index contributed by atoms with van der Waals surface area (Å²) >= 11 is 5.84. The Morgan fingerprint density at radius 2 is 2.05 bits per heavy atom. The lowest BCUT2D eigenvalue weighted by Crippen LogP contribution is -2.40. The SMILES string of the molecule is CCOC(C)(C)CNS(=O)(=O)c1ccc(Cl)c(CO)c1. The van der Waals surface area contributed by atoms with Crippen molar-refractivity contribution in [1.29, 1.82) is 0 Å². The summed E-state index contributed by atoms with van der Waals surface area (Å²) in [5.74, 6) is 0. The highest BCUT2D eigenvalue weighted by atomic mass is 35.5. The predicted molar refractivity (Wildman–Crippen MR) is 78.3 cm³/mol. The zero-order valence-electron chi connectivity index (χ0n) is 11.8. The molecule has 0 radical (unpaired) electrons. The van der Waals surface area contributed by atoms with Crippen LogP contribution in [0.2, 0.25) is 5.02 Å². The lowest BCUT2D eigenvalue weighted by atomic mass is 10.1. The van der Waals surface area contributed by atoms with Crippen molar-refractivity contribution in [2.45, 2.75) is 37.9 Å². The van der Waals surface area contributed by atoms with E-state index in [4.69, 9.17) is 21.4 Å². The molecule has 2 N–H and O–H groups in total. The molecule has 5 nitrogen and oxygen atoms in total. The summed E-state index contributed by atoms with van der Waals surface area (Å²) in [7, 11) is -3.66. The van der Waals surface area contributed by atoms with Crippen LogP contribution < -0.4 is 4.72 Å². The van der Waals surface area contributed by atoms with Gasteiger partial charge in [0.05, 0.1) is 17.1 Å². The average Bonchev–Trinajstić information content (AvgIpc) is 2.37. The maximum Gasteiger partial charge on any atom is 0.240 e. The highest BCUT2D eigenvalue weighted by Crippen LogP contribution is 2.20. The topological polar surface area (TPSA) is 75.6 Å². The molecule has 0 aliphatic heterocycles. The van der Waals surface area contributed by atoms with Gasteiger partial charge in [-0.05, 0) is 44.5 Å². The smallest absolute Gasteiger partial charge is 0.240 e. The van der Waals surface area contributed by atoms with Crippen molar-refractivity contribution < 1.29 is 18.3 Å². The molecule has 0 fully saturated rings. The third-order valence-electron chi connectivity index (χ3n) is 2.72. The number of nitrogens with one attached hydrogen (secondary N) is 1. The van der Waals surface area contributed by atoms with E-state index < -0.39 is 15.6 Å². The Morgan fingerprint density at radius 1 is 1.40 bits per heavy atom. The van der Waals surface area contributed by atoms with Crippen LogP contribution in [-0.2, 0) is 21.4 Å². The van der Waals surface area contributed by atoms with Gasteiger partial charge < -0.3 is 9.84 Å². The molecule has 0 bridgehead atoms. The van der Waals surface area contributed by atoms with Gasteiger partial charge in [-0.1, -0.05) is 11.6 Å². The Balaban J connectivity index is 2.89. The minimum Gasteiger partial charge on any atom is -0.392 e. The van der Waals surface area contributed by atoms with E-state index in [0.717, 1.165) is 0 Å². The molecule has 0 aromatic heterocycles. The van der Waals surface area contributed by atoms with Crippen molar-refractivity contribution >= 4 is 21.6 Å². The normalized spacial score (nSPS) is 12.7. The van der Waals surface area contributed by atoms with Crippen LogP contribution in [0.15, 0.2) is 23.1 Å². The Bertz CT molecular complexity index is 557. The zero-order chi connectivity index (χ0) is 15.4. The third kappa shape index (κ3) is 4.71. The Morgan fingerprint density at radius 3 is 2.60 bits per heavy atom. The summed E-state index contributed by atoms with van der Waals surface area (Å²) in [6.45, 7) is 5.81. The number of aliphatic hydroxyl groups is 1. The zero-order valence-corrected chi connectivity index (χ0v) is 13.4. The molecule has 1 aromatic carbocycles. The first kappa shape index (κ1) is 17.4. The summed E-state index contributed by atoms with van der Waals surface area (Å²) in [6, 6.07) is 4.21. The molecule has 0 aliphatic rings. The second-order valence-electron chi connectivity index (χ2n) is 4.93. The van der Waals surface area contributed by atoms with Crippen molar-refractivity contribution in [1.82, 2.24) is 4.72 Å². The minimum absolute atomic E-state index is 0.0678. The number of sulfonamides is 1. The largest absolute Gasteiger partial charge is 0.392 e. The molecule has 114 valence electrons. The second-order valence-corrected chi connectivity index (χ2v) is 7.10. The summed E-state index contributed by atoms with van der Waals surface area (Å²) in [5, 5.41) is 9.45. The molecule has 7 heteroatoms. The second kappa shape index (κ2) is 6.87. The van der Waals surface area contributed by atoms with Gasteiger partial charge in [0.25, 0.3) is 0 Å². The molecule has 0 aliphatic carbocycles. The van der Waals surface area contributed by atoms with Crippen LogP contribution >= 0.6 is 11.6 Å². The van der Waals surface area contributed by atoms with Crippen LogP contribution in [0, 0.1) is 0 Å². The lowest BCUT2D eigenvalue weighted by Gasteiger charge is -2.24. The molecular formula is C13H20ClNO4S. The van der Waals surface area contributed by atoms with E-state index in [9.17, 15) is 8.42 Å². The van der Waals surface area contributed by atoms with Gasteiger partial charge in [0.1, 0.15) is 0 Å². The standard InChI is InChI=1S/C13H20ClNO4S/c1-4-19-13(2,3)9-15-20(17,18)11-5-6-12(14)10(7-11)8-16/h5-7,15-16H,4,8-9H2,1-3H3. The summed E-state index contributed by atoms with van der Waals surface area (Å²) < 4.78 is 32.3. The van der Waals surface area contributed by atoms with Crippen LogP contribution in [0.4, 0.5) is 0 Å². The number of rotatable bonds is 7. The predicted octanol–water partition coefficient (Wildman–Crippen LogP) is 1.93. The Hall–Kier alpha value is -0.660. The fourth-order valence-electron chi connectivity index (χ4n) is 1.63. The van der Waals surface area contributed by atoms with Crippen molar-refractivity contribution in [2.75, 3.05) is 13.2 Å². The number of halogens is 1. The Kier molecular flexibility index (Phi) is 5.97. The van der Waals surface area contributed by atoms with Gasteiger partial charge in [-0.25, -0.2) is 13.1 Å². The molecule has 0 heterocycles. The molecule has 1 rings (SSSR count). The van der Waals surface area contributed by atoms with Crippen molar-refractivity contribution in [2.24, 2.45) is 0 Å². The Labute approximate surface area is 125 Å². The first-order valence-corrected chi connectivity index (χ1v) is 8.11.